The Morgan fingerprint density at radius 2 is 2.29 bits per heavy atom. The molecule has 1 heterocycles. The van der Waals surface area contributed by atoms with Crippen LogP contribution in [0.4, 0.5) is 5.69 Å². The molecule has 114 valence electrons. The zero-order valence-corrected chi connectivity index (χ0v) is 12.1. The van der Waals surface area contributed by atoms with Crippen molar-refractivity contribution < 1.29 is 14.5 Å². The van der Waals surface area contributed by atoms with E-state index in [1.165, 1.54) is 25.3 Å². The number of nitrogens with zero attached hydrogens (tertiary/aromatic N) is 2. The van der Waals surface area contributed by atoms with Gasteiger partial charge in [0, 0.05) is 30.3 Å². The molecular weight excluding hydrogens is 274 g/mol. The summed E-state index contributed by atoms with van der Waals surface area (Å²) in [7, 11) is 1.35. The van der Waals surface area contributed by atoms with Gasteiger partial charge in [-0.2, -0.15) is 0 Å². The van der Waals surface area contributed by atoms with Crippen molar-refractivity contribution in [1.82, 2.24) is 4.90 Å². The minimum atomic E-state index is -0.532. The summed E-state index contributed by atoms with van der Waals surface area (Å²) >= 11 is 0. The van der Waals surface area contributed by atoms with Gasteiger partial charge in [-0.05, 0) is 31.9 Å². The standard InChI is InChI=1S/C14H19N3O4/c1-9-5-10(7-15)8-16(9)14(18)11-3-4-12(17(19)20)13(6-11)21-2/h3-4,6,9-10H,5,7-8,15H2,1-2H3. The zero-order chi connectivity index (χ0) is 15.6. The molecule has 1 aromatic carbocycles. The molecule has 7 heteroatoms. The quantitative estimate of drug-likeness (QED) is 0.668. The van der Waals surface area contributed by atoms with Crippen LogP contribution in [-0.2, 0) is 0 Å². The lowest BCUT2D eigenvalue weighted by Gasteiger charge is -2.21. The van der Waals surface area contributed by atoms with Gasteiger partial charge >= 0.3 is 5.69 Å². The number of amides is 1. The summed E-state index contributed by atoms with van der Waals surface area (Å²) in [6.07, 6.45) is 0.881. The van der Waals surface area contributed by atoms with E-state index in [2.05, 4.69) is 0 Å². The predicted molar refractivity (Wildman–Crippen MR) is 77.3 cm³/mol. The first-order valence-electron chi connectivity index (χ1n) is 6.81. The van der Waals surface area contributed by atoms with Crippen LogP contribution < -0.4 is 10.5 Å². The second-order valence-electron chi connectivity index (χ2n) is 5.29. The van der Waals surface area contributed by atoms with Gasteiger partial charge in [-0.1, -0.05) is 0 Å². The molecule has 1 fully saturated rings. The summed E-state index contributed by atoms with van der Waals surface area (Å²) in [5.41, 5.74) is 5.90. The number of rotatable bonds is 4. The van der Waals surface area contributed by atoms with Gasteiger partial charge in [-0.15, -0.1) is 0 Å². The normalized spacial score (nSPS) is 21.4. The average molecular weight is 293 g/mol. The summed E-state index contributed by atoms with van der Waals surface area (Å²) < 4.78 is 5.00. The van der Waals surface area contributed by atoms with E-state index < -0.39 is 4.92 Å². The van der Waals surface area contributed by atoms with E-state index in [0.29, 0.717) is 24.6 Å². The largest absolute Gasteiger partial charge is 0.490 e. The number of likely N-dealkylation sites (tertiary alicyclic amines) is 1. The van der Waals surface area contributed by atoms with Gasteiger partial charge in [0.15, 0.2) is 5.75 Å². The summed E-state index contributed by atoms with van der Waals surface area (Å²) in [4.78, 5) is 24.6. The van der Waals surface area contributed by atoms with Crippen molar-refractivity contribution in [3.63, 3.8) is 0 Å². The van der Waals surface area contributed by atoms with Gasteiger partial charge in [0.05, 0.1) is 12.0 Å². The monoisotopic (exact) mass is 293 g/mol. The lowest BCUT2D eigenvalue weighted by Crippen LogP contribution is -2.34. The molecule has 0 spiro atoms. The fraction of sp³-hybridized carbons (Fsp3) is 0.500. The van der Waals surface area contributed by atoms with Crippen LogP contribution in [-0.4, -0.2) is 42.0 Å². The molecule has 1 aliphatic heterocycles. The van der Waals surface area contributed by atoms with Gasteiger partial charge in [0.1, 0.15) is 0 Å². The molecule has 0 bridgehead atoms. The molecule has 0 aliphatic carbocycles. The molecule has 0 aromatic heterocycles. The molecule has 2 N–H and O–H groups in total. The molecule has 21 heavy (non-hydrogen) atoms. The first kappa shape index (κ1) is 15.2. The van der Waals surface area contributed by atoms with E-state index in [4.69, 9.17) is 10.5 Å². The third kappa shape index (κ3) is 2.97. The third-order valence-electron chi connectivity index (χ3n) is 3.88. The summed E-state index contributed by atoms with van der Waals surface area (Å²) in [6.45, 7) is 3.16. The van der Waals surface area contributed by atoms with Gasteiger partial charge in [0.2, 0.25) is 0 Å². The second kappa shape index (κ2) is 6.09. The van der Waals surface area contributed by atoms with E-state index >= 15 is 0 Å². The van der Waals surface area contributed by atoms with E-state index in [9.17, 15) is 14.9 Å². The topological polar surface area (TPSA) is 98.7 Å². The molecular formula is C14H19N3O4. The number of nitrogens with two attached hydrogens (primary N) is 1. The van der Waals surface area contributed by atoms with E-state index in [1.807, 2.05) is 6.92 Å². The number of hydrogen-bond acceptors (Lipinski definition) is 5. The molecule has 2 atom stereocenters. The van der Waals surface area contributed by atoms with E-state index in [-0.39, 0.29) is 23.4 Å². The second-order valence-corrected chi connectivity index (χ2v) is 5.29. The summed E-state index contributed by atoms with van der Waals surface area (Å²) in [5.74, 6) is 0.253. The van der Waals surface area contributed by atoms with Crippen molar-refractivity contribution in [3.05, 3.63) is 33.9 Å². The maximum absolute atomic E-state index is 12.5. The van der Waals surface area contributed by atoms with Crippen LogP contribution in [0.1, 0.15) is 23.7 Å². The van der Waals surface area contributed by atoms with E-state index in [1.54, 1.807) is 4.90 Å². The highest BCUT2D eigenvalue weighted by atomic mass is 16.6. The first-order valence-corrected chi connectivity index (χ1v) is 6.81. The number of nitro benzene ring substituents is 1. The van der Waals surface area contributed by atoms with Crippen molar-refractivity contribution in [2.24, 2.45) is 11.7 Å². The molecule has 1 aliphatic rings. The molecule has 0 saturated carbocycles. The maximum Gasteiger partial charge on any atom is 0.310 e. The van der Waals surface area contributed by atoms with Crippen molar-refractivity contribution >= 4 is 11.6 Å². The Labute approximate surface area is 122 Å². The lowest BCUT2D eigenvalue weighted by atomic mass is 10.1. The molecule has 0 radical (unpaired) electrons. The minimum absolute atomic E-state index is 0.0908. The Morgan fingerprint density at radius 1 is 1.57 bits per heavy atom. The van der Waals surface area contributed by atoms with Crippen molar-refractivity contribution in [2.75, 3.05) is 20.2 Å². The van der Waals surface area contributed by atoms with E-state index in [0.717, 1.165) is 6.42 Å². The number of carbonyl (C=O) groups is 1. The molecule has 2 unspecified atom stereocenters. The molecule has 1 amide bonds. The predicted octanol–water partition coefficient (Wildman–Crippen LogP) is 1.41. The van der Waals surface area contributed by atoms with Crippen molar-refractivity contribution in [3.8, 4) is 5.75 Å². The van der Waals surface area contributed by atoms with Crippen LogP contribution in [0.3, 0.4) is 0 Å². The lowest BCUT2D eigenvalue weighted by molar-refractivity contribution is -0.385. The Bertz CT molecular complexity index is 561. The highest BCUT2D eigenvalue weighted by molar-refractivity contribution is 5.95. The van der Waals surface area contributed by atoms with Gasteiger partial charge in [-0.25, -0.2) is 0 Å². The smallest absolute Gasteiger partial charge is 0.310 e. The van der Waals surface area contributed by atoms with Crippen LogP contribution in [0.2, 0.25) is 0 Å². The SMILES string of the molecule is COc1cc(C(=O)N2CC(CN)CC2C)ccc1[N+](=O)[O-]. The van der Waals surface area contributed by atoms with Crippen LogP contribution >= 0.6 is 0 Å². The van der Waals surface area contributed by atoms with Crippen LogP contribution in [0, 0.1) is 16.0 Å². The number of ether oxygens (including phenoxy) is 1. The minimum Gasteiger partial charge on any atom is -0.490 e. The molecule has 1 aromatic rings. The number of carbonyl (C=O) groups excluding carboxylic acids is 1. The van der Waals surface area contributed by atoms with Gasteiger partial charge in [0.25, 0.3) is 5.91 Å². The fourth-order valence-electron chi connectivity index (χ4n) is 2.72. The van der Waals surface area contributed by atoms with Gasteiger partial charge in [-0.3, -0.25) is 14.9 Å². The highest BCUT2D eigenvalue weighted by Gasteiger charge is 2.32. The van der Waals surface area contributed by atoms with Crippen LogP contribution in [0.25, 0.3) is 0 Å². The summed E-state index contributed by atoms with van der Waals surface area (Å²) in [6, 6.07) is 4.30. The molecule has 1 saturated heterocycles. The summed E-state index contributed by atoms with van der Waals surface area (Å²) in [5, 5.41) is 10.9. The third-order valence-corrected chi connectivity index (χ3v) is 3.88. The Balaban J connectivity index is 2.26. The maximum atomic E-state index is 12.5. The average Bonchev–Trinajstić information content (AvgIpc) is 2.86. The Kier molecular flexibility index (Phi) is 4.42. The van der Waals surface area contributed by atoms with Crippen LogP contribution in [0.5, 0.6) is 5.75 Å². The Morgan fingerprint density at radius 3 is 2.81 bits per heavy atom. The number of benzene rings is 1. The number of methoxy groups -OCH3 is 1. The first-order chi connectivity index (χ1) is 9.97. The fourth-order valence-corrected chi connectivity index (χ4v) is 2.72. The van der Waals surface area contributed by atoms with Gasteiger partial charge < -0.3 is 15.4 Å². The van der Waals surface area contributed by atoms with Crippen molar-refractivity contribution in [1.29, 1.82) is 0 Å². The van der Waals surface area contributed by atoms with Crippen LogP contribution in [0.15, 0.2) is 18.2 Å². The molecule has 7 nitrogen and oxygen atoms in total. The Hall–Kier alpha value is -2.15. The molecule has 2 rings (SSSR count). The zero-order valence-electron chi connectivity index (χ0n) is 12.1. The van der Waals surface area contributed by atoms with Crippen molar-refractivity contribution in [2.45, 2.75) is 19.4 Å². The highest BCUT2D eigenvalue weighted by Crippen LogP contribution is 2.30. The number of nitro groups is 1. The number of hydrogen-bond donors (Lipinski definition) is 1.